The minimum Gasteiger partial charge on any atom is -0.467 e. The third-order valence-corrected chi connectivity index (χ3v) is 4.47. The standard InChI is InChI=1S/C18H26ClN3O3/c1-13(2)11-16(17(23)25-3)20-18(24)22-9-7-21(8-10-22)15-6-4-5-14(19)12-15/h4-6,12-13,16H,7-11H2,1-3H3,(H,20,24)/t16-/m0/s1. The number of carbonyl (C=O) groups excluding carboxylic acids is 2. The Kier molecular flexibility index (Phi) is 6.93. The van der Waals surface area contributed by atoms with E-state index < -0.39 is 12.0 Å². The van der Waals surface area contributed by atoms with Crippen molar-refractivity contribution >= 4 is 29.3 Å². The van der Waals surface area contributed by atoms with Crippen LogP contribution in [0, 0.1) is 5.92 Å². The number of hydrogen-bond acceptors (Lipinski definition) is 4. The number of nitrogens with zero attached hydrogens (tertiary/aromatic N) is 2. The van der Waals surface area contributed by atoms with Gasteiger partial charge in [0.25, 0.3) is 0 Å². The summed E-state index contributed by atoms with van der Waals surface area (Å²) >= 11 is 6.04. The van der Waals surface area contributed by atoms with Gasteiger partial charge in [-0.1, -0.05) is 31.5 Å². The Morgan fingerprint density at radius 2 is 1.92 bits per heavy atom. The molecule has 1 aromatic rings. The van der Waals surface area contributed by atoms with Gasteiger partial charge in [-0.2, -0.15) is 0 Å². The van der Waals surface area contributed by atoms with E-state index in [4.69, 9.17) is 16.3 Å². The number of carbonyl (C=O) groups is 2. The van der Waals surface area contributed by atoms with Crippen LogP contribution in [-0.2, 0) is 9.53 Å². The van der Waals surface area contributed by atoms with Gasteiger partial charge in [-0.25, -0.2) is 9.59 Å². The van der Waals surface area contributed by atoms with E-state index >= 15 is 0 Å². The van der Waals surface area contributed by atoms with Gasteiger partial charge in [-0.05, 0) is 30.5 Å². The molecule has 2 amide bonds. The Balaban J connectivity index is 1.90. The van der Waals surface area contributed by atoms with Crippen molar-refractivity contribution in [2.45, 2.75) is 26.3 Å². The molecule has 1 aromatic carbocycles. The Morgan fingerprint density at radius 3 is 2.48 bits per heavy atom. The highest BCUT2D eigenvalue weighted by molar-refractivity contribution is 6.30. The number of piperazine rings is 1. The third-order valence-electron chi connectivity index (χ3n) is 4.23. The van der Waals surface area contributed by atoms with Crippen LogP contribution in [0.3, 0.4) is 0 Å². The average Bonchev–Trinajstić information content (AvgIpc) is 2.60. The fraction of sp³-hybridized carbons (Fsp3) is 0.556. The number of esters is 1. The lowest BCUT2D eigenvalue weighted by atomic mass is 10.0. The molecule has 1 saturated heterocycles. The second-order valence-electron chi connectivity index (χ2n) is 6.61. The Morgan fingerprint density at radius 1 is 1.24 bits per heavy atom. The lowest BCUT2D eigenvalue weighted by Gasteiger charge is -2.36. The number of benzene rings is 1. The van der Waals surface area contributed by atoms with Crippen molar-refractivity contribution < 1.29 is 14.3 Å². The van der Waals surface area contributed by atoms with E-state index in [2.05, 4.69) is 10.2 Å². The van der Waals surface area contributed by atoms with E-state index in [9.17, 15) is 9.59 Å². The topological polar surface area (TPSA) is 61.9 Å². The van der Waals surface area contributed by atoms with E-state index in [1.54, 1.807) is 4.90 Å². The molecule has 0 saturated carbocycles. The molecule has 0 radical (unpaired) electrons. The maximum Gasteiger partial charge on any atom is 0.328 e. The summed E-state index contributed by atoms with van der Waals surface area (Å²) < 4.78 is 4.79. The molecule has 6 nitrogen and oxygen atoms in total. The fourth-order valence-electron chi connectivity index (χ4n) is 2.91. The number of hydrogen-bond donors (Lipinski definition) is 1. The van der Waals surface area contributed by atoms with Crippen LogP contribution >= 0.6 is 11.6 Å². The Hall–Kier alpha value is -1.95. The summed E-state index contributed by atoms with van der Waals surface area (Å²) in [6, 6.07) is 6.87. The summed E-state index contributed by atoms with van der Waals surface area (Å²) in [6.45, 7) is 6.64. The number of urea groups is 1. The highest BCUT2D eigenvalue weighted by atomic mass is 35.5. The molecule has 7 heteroatoms. The predicted octanol–water partition coefficient (Wildman–Crippen LogP) is 2.76. The van der Waals surface area contributed by atoms with Crippen molar-refractivity contribution in [2.24, 2.45) is 5.92 Å². The highest BCUT2D eigenvalue weighted by Gasteiger charge is 2.27. The Bertz CT molecular complexity index is 601. The molecule has 0 unspecified atom stereocenters. The molecule has 1 atom stereocenters. The first-order chi connectivity index (χ1) is 11.9. The molecule has 0 aliphatic carbocycles. The zero-order valence-corrected chi connectivity index (χ0v) is 15.8. The second kappa shape index (κ2) is 8.94. The van der Waals surface area contributed by atoms with Crippen LogP contribution in [-0.4, -0.2) is 56.2 Å². The van der Waals surface area contributed by atoms with Gasteiger partial charge >= 0.3 is 12.0 Å². The summed E-state index contributed by atoms with van der Waals surface area (Å²) in [6.07, 6.45) is 0.556. The van der Waals surface area contributed by atoms with E-state index in [-0.39, 0.29) is 11.9 Å². The number of rotatable bonds is 5. The molecule has 138 valence electrons. The largest absolute Gasteiger partial charge is 0.467 e. The zero-order valence-electron chi connectivity index (χ0n) is 15.0. The first kappa shape index (κ1) is 19.4. The highest BCUT2D eigenvalue weighted by Crippen LogP contribution is 2.20. The van der Waals surface area contributed by atoms with Crippen molar-refractivity contribution in [1.29, 1.82) is 0 Å². The maximum atomic E-state index is 12.5. The van der Waals surface area contributed by atoms with Gasteiger partial charge in [0.15, 0.2) is 0 Å². The van der Waals surface area contributed by atoms with Crippen LogP contribution < -0.4 is 10.2 Å². The van der Waals surface area contributed by atoms with E-state index in [0.717, 1.165) is 18.8 Å². The average molecular weight is 368 g/mol. The summed E-state index contributed by atoms with van der Waals surface area (Å²) in [5.41, 5.74) is 1.06. The maximum absolute atomic E-state index is 12.5. The number of anilines is 1. The number of nitrogens with one attached hydrogen (secondary N) is 1. The number of ether oxygens (including phenoxy) is 1. The molecule has 1 heterocycles. The van der Waals surface area contributed by atoms with Crippen LogP contribution in [0.25, 0.3) is 0 Å². The van der Waals surface area contributed by atoms with Crippen molar-refractivity contribution in [2.75, 3.05) is 38.2 Å². The van der Waals surface area contributed by atoms with Crippen LogP contribution in [0.5, 0.6) is 0 Å². The first-order valence-electron chi connectivity index (χ1n) is 8.54. The van der Waals surface area contributed by atoms with Crippen LogP contribution in [0.15, 0.2) is 24.3 Å². The smallest absolute Gasteiger partial charge is 0.328 e. The molecule has 0 aromatic heterocycles. The first-order valence-corrected chi connectivity index (χ1v) is 8.92. The van der Waals surface area contributed by atoms with Crippen molar-refractivity contribution in [3.05, 3.63) is 29.3 Å². The van der Waals surface area contributed by atoms with Crippen molar-refractivity contribution in [3.8, 4) is 0 Å². The monoisotopic (exact) mass is 367 g/mol. The van der Waals surface area contributed by atoms with Gasteiger partial charge < -0.3 is 19.9 Å². The van der Waals surface area contributed by atoms with Gasteiger partial charge in [-0.3, -0.25) is 0 Å². The Labute approximate surface area is 154 Å². The van der Waals surface area contributed by atoms with E-state index in [1.807, 2.05) is 38.1 Å². The van der Waals surface area contributed by atoms with E-state index in [1.165, 1.54) is 7.11 Å². The van der Waals surface area contributed by atoms with Gasteiger partial charge in [0.05, 0.1) is 7.11 Å². The molecule has 1 fully saturated rings. The minimum atomic E-state index is -0.608. The van der Waals surface area contributed by atoms with Gasteiger partial charge in [-0.15, -0.1) is 0 Å². The SMILES string of the molecule is COC(=O)[C@H](CC(C)C)NC(=O)N1CCN(c2cccc(Cl)c2)CC1. The molecule has 0 spiro atoms. The van der Waals surface area contributed by atoms with Gasteiger partial charge in [0.2, 0.25) is 0 Å². The molecule has 1 aliphatic heterocycles. The quantitative estimate of drug-likeness (QED) is 0.813. The lowest BCUT2D eigenvalue weighted by Crippen LogP contribution is -2.55. The van der Waals surface area contributed by atoms with Gasteiger partial charge in [0, 0.05) is 36.9 Å². The summed E-state index contributed by atoms with van der Waals surface area (Å²) in [5, 5.41) is 3.51. The zero-order chi connectivity index (χ0) is 18.4. The van der Waals surface area contributed by atoms with Crippen LogP contribution in [0.1, 0.15) is 20.3 Å². The molecule has 2 rings (SSSR count). The molecular formula is C18H26ClN3O3. The van der Waals surface area contributed by atoms with Gasteiger partial charge in [0.1, 0.15) is 6.04 Å². The fourth-order valence-corrected chi connectivity index (χ4v) is 3.09. The summed E-state index contributed by atoms with van der Waals surface area (Å²) in [7, 11) is 1.34. The van der Waals surface area contributed by atoms with Crippen molar-refractivity contribution in [1.82, 2.24) is 10.2 Å². The lowest BCUT2D eigenvalue weighted by molar-refractivity contribution is -0.143. The minimum absolute atomic E-state index is 0.221. The number of halogens is 1. The van der Waals surface area contributed by atoms with Crippen molar-refractivity contribution in [3.63, 3.8) is 0 Å². The summed E-state index contributed by atoms with van der Waals surface area (Å²) in [4.78, 5) is 28.3. The number of amides is 2. The molecule has 1 aliphatic rings. The second-order valence-corrected chi connectivity index (χ2v) is 7.05. The van der Waals surface area contributed by atoms with E-state index in [0.29, 0.717) is 24.5 Å². The summed E-state index contributed by atoms with van der Waals surface area (Å²) in [5.74, 6) is -0.122. The number of methoxy groups -OCH3 is 1. The third kappa shape index (κ3) is 5.53. The van der Waals surface area contributed by atoms with Crippen LogP contribution in [0.2, 0.25) is 5.02 Å². The normalized spacial score (nSPS) is 15.9. The molecular weight excluding hydrogens is 342 g/mol. The van der Waals surface area contributed by atoms with Crippen LogP contribution in [0.4, 0.5) is 10.5 Å². The predicted molar refractivity (Wildman–Crippen MR) is 99.0 cm³/mol. The molecule has 25 heavy (non-hydrogen) atoms. The molecule has 0 bridgehead atoms. The molecule has 1 N–H and O–H groups in total.